The molecule has 0 aromatic rings. The zero-order chi connectivity index (χ0) is 10.3. The van der Waals surface area contributed by atoms with Crippen LogP contribution in [-0.4, -0.2) is 24.5 Å². The van der Waals surface area contributed by atoms with Crippen LogP contribution in [0.3, 0.4) is 0 Å². The second kappa shape index (κ2) is 3.93. The molecule has 0 N–H and O–H groups in total. The minimum absolute atomic E-state index is 0.988. The maximum absolute atomic E-state index is 4.17. The van der Waals surface area contributed by atoms with Crippen molar-refractivity contribution in [1.29, 1.82) is 0 Å². The first-order chi connectivity index (χ1) is 7.31. The zero-order valence-electron chi connectivity index (χ0n) is 9.75. The van der Waals surface area contributed by atoms with Gasteiger partial charge in [-0.15, -0.1) is 0 Å². The maximum Gasteiger partial charge on any atom is 0.00127 e. The van der Waals surface area contributed by atoms with Gasteiger partial charge in [-0.2, -0.15) is 0 Å². The lowest BCUT2D eigenvalue weighted by molar-refractivity contribution is 0.0975. The van der Waals surface area contributed by atoms with Crippen molar-refractivity contribution in [1.82, 2.24) is 4.90 Å². The molecule has 0 aromatic carbocycles. The molecule has 2 saturated carbocycles. The van der Waals surface area contributed by atoms with E-state index in [9.17, 15) is 0 Å². The standard InChI is InChI=1S/C14H23N/c1-11-2-5-14-10-15(9-12-3-4-12)7-6-13(14)8-11/h12-14H,1-10H2. The Balaban J connectivity index is 1.55. The third-order valence-electron chi connectivity index (χ3n) is 4.61. The summed E-state index contributed by atoms with van der Waals surface area (Å²) in [6.45, 7) is 8.34. The summed E-state index contributed by atoms with van der Waals surface area (Å²) in [6.07, 6.45) is 8.50. The fourth-order valence-electron chi connectivity index (χ4n) is 3.45. The second-order valence-electron chi connectivity index (χ2n) is 6.00. The van der Waals surface area contributed by atoms with Crippen LogP contribution in [0.15, 0.2) is 12.2 Å². The molecule has 0 bridgehead atoms. The van der Waals surface area contributed by atoms with Crippen molar-refractivity contribution in [2.45, 2.75) is 38.5 Å². The van der Waals surface area contributed by atoms with Crippen LogP contribution in [0.2, 0.25) is 0 Å². The molecule has 15 heavy (non-hydrogen) atoms. The van der Waals surface area contributed by atoms with Gasteiger partial charge in [0.15, 0.2) is 0 Å². The third kappa shape index (κ3) is 2.28. The van der Waals surface area contributed by atoms with Crippen molar-refractivity contribution in [2.75, 3.05) is 19.6 Å². The topological polar surface area (TPSA) is 3.24 Å². The molecule has 0 spiro atoms. The fraction of sp³-hybridized carbons (Fsp3) is 0.857. The average Bonchev–Trinajstić information content (AvgIpc) is 3.02. The molecule has 1 aliphatic heterocycles. The first-order valence-electron chi connectivity index (χ1n) is 6.70. The molecule has 1 heteroatoms. The lowest BCUT2D eigenvalue weighted by Crippen LogP contribution is -2.42. The fourth-order valence-corrected chi connectivity index (χ4v) is 3.45. The smallest absolute Gasteiger partial charge is 0.00127 e. The van der Waals surface area contributed by atoms with Gasteiger partial charge in [-0.25, -0.2) is 0 Å². The van der Waals surface area contributed by atoms with E-state index in [1.54, 1.807) is 0 Å². The first-order valence-corrected chi connectivity index (χ1v) is 6.70. The molecule has 0 aromatic heterocycles. The molecule has 84 valence electrons. The number of likely N-dealkylation sites (tertiary alicyclic amines) is 1. The predicted molar refractivity (Wildman–Crippen MR) is 63.8 cm³/mol. The van der Waals surface area contributed by atoms with E-state index >= 15 is 0 Å². The Kier molecular flexibility index (Phi) is 2.59. The highest BCUT2D eigenvalue weighted by Gasteiger charge is 2.34. The molecular weight excluding hydrogens is 182 g/mol. The summed E-state index contributed by atoms with van der Waals surface area (Å²) in [5, 5.41) is 0. The summed E-state index contributed by atoms with van der Waals surface area (Å²) in [5.41, 5.74) is 1.52. The van der Waals surface area contributed by atoms with E-state index in [1.807, 2.05) is 0 Å². The first kappa shape index (κ1) is 9.89. The van der Waals surface area contributed by atoms with Gasteiger partial charge in [0.05, 0.1) is 0 Å². The molecule has 3 rings (SSSR count). The van der Waals surface area contributed by atoms with Crippen molar-refractivity contribution in [3.05, 3.63) is 12.2 Å². The minimum atomic E-state index is 0.988. The lowest BCUT2D eigenvalue weighted by Gasteiger charge is -2.42. The van der Waals surface area contributed by atoms with E-state index in [1.165, 1.54) is 63.7 Å². The molecule has 2 aliphatic carbocycles. The molecule has 2 atom stereocenters. The number of rotatable bonds is 2. The van der Waals surface area contributed by atoms with Gasteiger partial charge < -0.3 is 4.90 Å². The van der Waals surface area contributed by atoms with Crippen LogP contribution < -0.4 is 0 Å². The van der Waals surface area contributed by atoms with Crippen LogP contribution in [-0.2, 0) is 0 Å². The maximum atomic E-state index is 4.17. The molecule has 1 heterocycles. The number of nitrogens with zero attached hydrogens (tertiary/aromatic N) is 1. The van der Waals surface area contributed by atoms with E-state index < -0.39 is 0 Å². The van der Waals surface area contributed by atoms with E-state index in [0.717, 1.165) is 17.8 Å². The van der Waals surface area contributed by atoms with Crippen molar-refractivity contribution in [3.8, 4) is 0 Å². The van der Waals surface area contributed by atoms with Crippen LogP contribution in [0.1, 0.15) is 38.5 Å². The van der Waals surface area contributed by atoms with Gasteiger partial charge in [0.2, 0.25) is 0 Å². The average molecular weight is 205 g/mol. The van der Waals surface area contributed by atoms with E-state index in [2.05, 4.69) is 11.5 Å². The quantitative estimate of drug-likeness (QED) is 0.626. The molecule has 0 amide bonds. The Morgan fingerprint density at radius 3 is 2.80 bits per heavy atom. The highest BCUT2D eigenvalue weighted by atomic mass is 15.1. The number of piperidine rings is 1. The van der Waals surface area contributed by atoms with Crippen LogP contribution in [0.25, 0.3) is 0 Å². The number of allylic oxidation sites excluding steroid dienone is 1. The van der Waals surface area contributed by atoms with Crippen molar-refractivity contribution < 1.29 is 0 Å². The van der Waals surface area contributed by atoms with Crippen LogP contribution in [0, 0.1) is 17.8 Å². The second-order valence-corrected chi connectivity index (χ2v) is 6.00. The molecule has 3 aliphatic rings. The molecule has 2 unspecified atom stereocenters. The van der Waals surface area contributed by atoms with Crippen molar-refractivity contribution in [2.24, 2.45) is 17.8 Å². The number of hydrogen-bond acceptors (Lipinski definition) is 1. The van der Waals surface area contributed by atoms with Gasteiger partial charge in [0.25, 0.3) is 0 Å². The predicted octanol–water partition coefficient (Wildman–Crippen LogP) is 3.07. The van der Waals surface area contributed by atoms with Crippen LogP contribution in [0.5, 0.6) is 0 Å². The Hall–Kier alpha value is -0.300. The SMILES string of the molecule is C=C1CCC2CN(CC3CC3)CCC2C1. The Morgan fingerprint density at radius 1 is 1.13 bits per heavy atom. The highest BCUT2D eigenvalue weighted by Crippen LogP contribution is 2.39. The van der Waals surface area contributed by atoms with Crippen LogP contribution in [0.4, 0.5) is 0 Å². The van der Waals surface area contributed by atoms with Crippen molar-refractivity contribution >= 4 is 0 Å². The molecule has 1 saturated heterocycles. The minimum Gasteiger partial charge on any atom is -0.303 e. The largest absolute Gasteiger partial charge is 0.303 e. The van der Waals surface area contributed by atoms with Crippen LogP contribution >= 0.6 is 0 Å². The summed E-state index contributed by atoms with van der Waals surface area (Å²) in [4.78, 5) is 2.74. The third-order valence-corrected chi connectivity index (χ3v) is 4.61. The number of fused-ring (bicyclic) bond motifs is 1. The summed E-state index contributed by atoms with van der Waals surface area (Å²) < 4.78 is 0. The monoisotopic (exact) mass is 205 g/mol. The van der Waals surface area contributed by atoms with Gasteiger partial charge >= 0.3 is 0 Å². The Bertz CT molecular complexity index is 254. The molecule has 1 nitrogen and oxygen atoms in total. The van der Waals surface area contributed by atoms with Gasteiger partial charge in [-0.05, 0) is 62.8 Å². The summed E-state index contributed by atoms with van der Waals surface area (Å²) in [6, 6.07) is 0. The number of hydrogen-bond donors (Lipinski definition) is 0. The van der Waals surface area contributed by atoms with Crippen molar-refractivity contribution in [3.63, 3.8) is 0 Å². The van der Waals surface area contributed by atoms with Gasteiger partial charge in [0, 0.05) is 13.1 Å². The van der Waals surface area contributed by atoms with E-state index in [4.69, 9.17) is 0 Å². The Labute approximate surface area is 93.5 Å². The molecular formula is C14H23N. The van der Waals surface area contributed by atoms with Gasteiger partial charge in [-0.1, -0.05) is 12.2 Å². The van der Waals surface area contributed by atoms with E-state index in [-0.39, 0.29) is 0 Å². The summed E-state index contributed by atoms with van der Waals surface area (Å²) in [5.74, 6) is 3.06. The highest BCUT2D eigenvalue weighted by molar-refractivity contribution is 5.03. The Morgan fingerprint density at radius 2 is 2.00 bits per heavy atom. The van der Waals surface area contributed by atoms with E-state index in [0.29, 0.717) is 0 Å². The van der Waals surface area contributed by atoms with Gasteiger partial charge in [-0.3, -0.25) is 0 Å². The van der Waals surface area contributed by atoms with Gasteiger partial charge in [0.1, 0.15) is 0 Å². The normalized spacial score (nSPS) is 37.7. The summed E-state index contributed by atoms with van der Waals surface area (Å²) in [7, 11) is 0. The zero-order valence-corrected chi connectivity index (χ0v) is 9.75. The molecule has 3 fully saturated rings. The summed E-state index contributed by atoms with van der Waals surface area (Å²) >= 11 is 0. The molecule has 0 radical (unpaired) electrons. The lowest BCUT2D eigenvalue weighted by atomic mass is 9.73.